The van der Waals surface area contributed by atoms with Gasteiger partial charge in [0.25, 0.3) is 0 Å². The monoisotopic (exact) mass is 641 g/mol. The molecule has 10 atom stereocenters. The molecule has 0 aliphatic heterocycles. The molecule has 4 aliphatic carbocycles. The van der Waals surface area contributed by atoms with Crippen LogP contribution >= 0.6 is 0 Å². The van der Waals surface area contributed by atoms with E-state index in [-0.39, 0.29) is 23.0 Å². The molecule has 2 N–H and O–H groups in total. The zero-order valence-electron chi connectivity index (χ0n) is 30.1. The molecule has 0 aromatic heterocycles. The van der Waals surface area contributed by atoms with Crippen LogP contribution in [-0.4, -0.2) is 34.4 Å². The summed E-state index contributed by atoms with van der Waals surface area (Å²) in [6.45, 7) is 15.6. The van der Waals surface area contributed by atoms with Gasteiger partial charge in [0.1, 0.15) is 0 Å². The highest BCUT2D eigenvalue weighted by atomic mass is 16.6. The van der Waals surface area contributed by atoms with Gasteiger partial charge in [0.05, 0.1) is 12.2 Å². The molecule has 0 bridgehead atoms. The summed E-state index contributed by atoms with van der Waals surface area (Å²) in [5.41, 5.74) is 1.90. The first kappa shape index (κ1) is 37.4. The summed E-state index contributed by atoms with van der Waals surface area (Å²) in [5, 5.41) is 22.4. The summed E-state index contributed by atoms with van der Waals surface area (Å²) >= 11 is 0. The lowest BCUT2D eigenvalue weighted by Crippen LogP contribution is -2.56. The topological polar surface area (TPSA) is 83.8 Å². The van der Waals surface area contributed by atoms with Crippen molar-refractivity contribution in [2.45, 2.75) is 169 Å². The van der Waals surface area contributed by atoms with E-state index in [1.807, 2.05) is 0 Å². The van der Waals surface area contributed by atoms with Crippen LogP contribution in [0.3, 0.4) is 0 Å². The molecule has 0 aromatic rings. The number of esters is 2. The number of unbranched alkanes of at least 4 members (excludes halogenated alkanes) is 7. The van der Waals surface area contributed by atoms with Gasteiger partial charge in [-0.25, -0.2) is 4.79 Å². The number of fused-ring (bicyclic) bond motifs is 5. The summed E-state index contributed by atoms with van der Waals surface area (Å²) in [7, 11) is 0. The molecule has 262 valence electrons. The quantitative estimate of drug-likeness (QED) is 0.0544. The van der Waals surface area contributed by atoms with E-state index < -0.39 is 11.9 Å². The fourth-order valence-electron chi connectivity index (χ4n) is 11.2. The second-order valence-electron chi connectivity index (χ2n) is 16.9. The van der Waals surface area contributed by atoms with Crippen LogP contribution in [0.1, 0.15) is 157 Å². The average molecular weight is 641 g/mol. The van der Waals surface area contributed by atoms with Gasteiger partial charge in [-0.15, -0.1) is 0 Å². The van der Waals surface area contributed by atoms with Crippen LogP contribution in [0.5, 0.6) is 0 Å². The number of aliphatic hydroxyl groups is 2. The summed E-state index contributed by atoms with van der Waals surface area (Å²) in [5.74, 6) is 3.13. The van der Waals surface area contributed by atoms with Crippen LogP contribution in [0, 0.1) is 52.3 Å². The molecule has 4 aliphatic rings. The van der Waals surface area contributed by atoms with Crippen molar-refractivity contribution < 1.29 is 24.5 Å². The Hall–Kier alpha value is -1.46. The fourth-order valence-corrected chi connectivity index (χ4v) is 11.2. The van der Waals surface area contributed by atoms with Gasteiger partial charge in [0, 0.05) is 12.5 Å². The molecule has 4 rings (SSSR count). The number of rotatable bonds is 17. The van der Waals surface area contributed by atoms with Gasteiger partial charge in [-0.2, -0.15) is 0 Å². The molecule has 0 aromatic carbocycles. The summed E-state index contributed by atoms with van der Waals surface area (Å²) in [4.78, 5) is 22.8. The highest BCUT2D eigenvalue weighted by Gasteiger charge is 2.65. The predicted octanol–water partition coefficient (Wildman–Crippen LogP) is 9.74. The zero-order chi connectivity index (χ0) is 33.5. The molecule has 1 unspecified atom stereocenters. The summed E-state index contributed by atoms with van der Waals surface area (Å²) in [6, 6.07) is 0. The Morgan fingerprint density at radius 3 is 2.33 bits per heavy atom. The van der Waals surface area contributed by atoms with Crippen molar-refractivity contribution in [1.29, 1.82) is 0 Å². The number of aliphatic hydroxyl groups excluding tert-OH is 2. The van der Waals surface area contributed by atoms with E-state index in [0.29, 0.717) is 41.9 Å². The van der Waals surface area contributed by atoms with E-state index in [1.165, 1.54) is 69.8 Å². The second kappa shape index (κ2) is 16.8. The van der Waals surface area contributed by atoms with Crippen molar-refractivity contribution in [3.8, 4) is 0 Å². The van der Waals surface area contributed by atoms with Gasteiger partial charge in [0.15, 0.2) is 0 Å². The molecule has 0 amide bonds. The minimum Gasteiger partial charge on any atom is -0.393 e. The average Bonchev–Trinajstić information content (AvgIpc) is 3.29. The van der Waals surface area contributed by atoms with Gasteiger partial charge >= 0.3 is 11.9 Å². The Kier molecular flexibility index (Phi) is 13.6. The van der Waals surface area contributed by atoms with E-state index in [0.717, 1.165) is 63.4 Å². The molecule has 0 saturated heterocycles. The van der Waals surface area contributed by atoms with Gasteiger partial charge in [-0.1, -0.05) is 117 Å². The molecule has 5 heteroatoms. The molecular formula is C41H68O5. The number of hydrogen-bond acceptors (Lipinski definition) is 5. The fraction of sp³-hybridized carbons (Fsp3) is 0.854. The van der Waals surface area contributed by atoms with E-state index >= 15 is 0 Å². The normalized spacial score (nSPS) is 35.9. The summed E-state index contributed by atoms with van der Waals surface area (Å²) in [6.07, 6.45) is 24.0. The number of carbonyl (C=O) groups is 2. The smallest absolute Gasteiger partial charge is 0.337 e. The third kappa shape index (κ3) is 8.57. The first-order valence-corrected chi connectivity index (χ1v) is 19.3. The Labute approximate surface area is 281 Å². The molecule has 0 radical (unpaired) electrons. The lowest BCUT2D eigenvalue weighted by Gasteiger charge is -2.61. The number of carbonyl (C=O) groups excluding carboxylic acids is 2. The maximum Gasteiger partial charge on any atom is 0.337 e. The SMILES string of the molecule is C=CC(=O)OC(=O)CCCCCCCCCC[C@@H]1C[C@H]2[C@H](CC=C3C[C@@H](O)CC[C@]32C)C2[C@H](O)C[C@@H]([C@H](C)CCCC(C)C)[C@@]21C. The molecule has 5 nitrogen and oxygen atoms in total. The molecule has 3 saturated carbocycles. The number of allylic oxidation sites excluding steroid dienone is 1. The standard InChI is InChI=1S/C41H68O5/c1-7-37(44)46-38(45)20-15-13-11-9-8-10-12-14-19-31-26-35-33(22-21-30-25-32(42)23-24-40(30,35)5)39-36(43)27-34(41(31,39)6)29(4)18-16-17-28(2)3/h7,21,28-29,31-36,39,42-43H,1,8-20,22-27H2,2-6H3/t29-,31-,32+,33+,34+,35+,36-,39?,40-,41+/m1/s1. The molecule has 3 fully saturated rings. The van der Waals surface area contributed by atoms with Crippen LogP contribution in [0.2, 0.25) is 0 Å². The maximum absolute atomic E-state index is 11.9. The lowest BCUT2D eigenvalue weighted by atomic mass is 9.43. The minimum absolute atomic E-state index is 0.181. The van der Waals surface area contributed by atoms with Crippen LogP contribution in [0.25, 0.3) is 0 Å². The van der Waals surface area contributed by atoms with E-state index in [9.17, 15) is 19.8 Å². The molecule has 46 heavy (non-hydrogen) atoms. The van der Waals surface area contributed by atoms with Crippen molar-refractivity contribution in [3.63, 3.8) is 0 Å². The second-order valence-corrected chi connectivity index (χ2v) is 16.9. The Bertz CT molecular complexity index is 1050. The van der Waals surface area contributed by atoms with Crippen LogP contribution in [-0.2, 0) is 14.3 Å². The molecule has 0 heterocycles. The van der Waals surface area contributed by atoms with E-state index in [4.69, 9.17) is 0 Å². The van der Waals surface area contributed by atoms with Gasteiger partial charge in [-0.3, -0.25) is 4.79 Å². The predicted molar refractivity (Wildman–Crippen MR) is 187 cm³/mol. The van der Waals surface area contributed by atoms with Gasteiger partial charge in [-0.05, 0) is 104 Å². The maximum atomic E-state index is 11.9. The Balaban J connectivity index is 1.35. The molecular weight excluding hydrogens is 572 g/mol. The van der Waals surface area contributed by atoms with Crippen LogP contribution in [0.15, 0.2) is 24.3 Å². The highest BCUT2D eigenvalue weighted by Crippen LogP contribution is 2.69. The largest absolute Gasteiger partial charge is 0.393 e. The van der Waals surface area contributed by atoms with Crippen molar-refractivity contribution in [3.05, 3.63) is 24.3 Å². The van der Waals surface area contributed by atoms with E-state index in [2.05, 4.69) is 52.0 Å². The van der Waals surface area contributed by atoms with Crippen molar-refractivity contribution in [1.82, 2.24) is 0 Å². The van der Waals surface area contributed by atoms with Crippen molar-refractivity contribution in [2.24, 2.45) is 52.3 Å². The Morgan fingerprint density at radius 1 is 0.978 bits per heavy atom. The first-order chi connectivity index (χ1) is 21.9. The number of hydrogen-bond donors (Lipinski definition) is 2. The third-order valence-electron chi connectivity index (χ3n) is 13.7. The zero-order valence-corrected chi connectivity index (χ0v) is 30.1. The van der Waals surface area contributed by atoms with Crippen LogP contribution < -0.4 is 0 Å². The summed E-state index contributed by atoms with van der Waals surface area (Å²) < 4.78 is 4.65. The number of ether oxygens (including phenoxy) is 1. The molecule has 0 spiro atoms. The van der Waals surface area contributed by atoms with Crippen LogP contribution in [0.4, 0.5) is 0 Å². The Morgan fingerprint density at radius 2 is 1.65 bits per heavy atom. The lowest BCUT2D eigenvalue weighted by molar-refractivity contribution is -0.156. The van der Waals surface area contributed by atoms with Gasteiger partial charge in [0.2, 0.25) is 0 Å². The van der Waals surface area contributed by atoms with Crippen molar-refractivity contribution >= 4 is 11.9 Å². The van der Waals surface area contributed by atoms with Gasteiger partial charge < -0.3 is 14.9 Å². The van der Waals surface area contributed by atoms with Crippen molar-refractivity contribution in [2.75, 3.05) is 0 Å². The first-order valence-electron chi connectivity index (χ1n) is 19.3. The van der Waals surface area contributed by atoms with E-state index in [1.54, 1.807) is 0 Å². The highest BCUT2D eigenvalue weighted by molar-refractivity contribution is 5.91. The third-order valence-corrected chi connectivity index (χ3v) is 13.7. The minimum atomic E-state index is -0.665.